The van der Waals surface area contributed by atoms with E-state index in [9.17, 15) is 4.79 Å². The Kier molecular flexibility index (Phi) is 4.03. The van der Waals surface area contributed by atoms with Gasteiger partial charge in [-0.3, -0.25) is 4.79 Å². The summed E-state index contributed by atoms with van der Waals surface area (Å²) in [6.45, 7) is 1.78. The lowest BCUT2D eigenvalue weighted by atomic mass is 9.98. The number of benzene rings is 1. The van der Waals surface area contributed by atoms with E-state index in [0.29, 0.717) is 19.8 Å². The molecule has 108 valence electrons. The molecule has 1 aliphatic heterocycles. The lowest BCUT2D eigenvalue weighted by Crippen LogP contribution is -2.50. The number of hydrogen-bond donors (Lipinski definition) is 0. The van der Waals surface area contributed by atoms with Crippen LogP contribution in [0.2, 0.25) is 0 Å². The fourth-order valence-electron chi connectivity index (χ4n) is 2.89. The highest BCUT2D eigenvalue weighted by Crippen LogP contribution is 2.37. The van der Waals surface area contributed by atoms with Crippen LogP contribution in [0.1, 0.15) is 24.4 Å². The molecule has 1 aromatic carbocycles. The number of morpholine rings is 1. The van der Waals surface area contributed by atoms with Gasteiger partial charge in [-0.25, -0.2) is 0 Å². The third-order valence-electron chi connectivity index (χ3n) is 4.03. The summed E-state index contributed by atoms with van der Waals surface area (Å²) in [5.74, 6) is 0.519. The third kappa shape index (κ3) is 2.72. The second-order valence-electron chi connectivity index (χ2n) is 5.53. The Morgan fingerprint density at radius 2 is 2.10 bits per heavy atom. The van der Waals surface area contributed by atoms with Gasteiger partial charge in [-0.2, -0.15) is 0 Å². The quantitative estimate of drug-likeness (QED) is 0.844. The molecule has 2 fully saturated rings. The highest BCUT2D eigenvalue weighted by molar-refractivity contribution is 5.81. The summed E-state index contributed by atoms with van der Waals surface area (Å²) >= 11 is 0. The van der Waals surface area contributed by atoms with Crippen molar-refractivity contribution >= 4 is 5.91 Å². The highest BCUT2D eigenvalue weighted by Gasteiger charge is 2.41. The Morgan fingerprint density at radius 3 is 2.75 bits per heavy atom. The molecule has 2 atom stereocenters. The van der Waals surface area contributed by atoms with Crippen molar-refractivity contribution in [2.45, 2.75) is 25.0 Å². The Bertz CT molecular complexity index is 456. The van der Waals surface area contributed by atoms with E-state index >= 15 is 0 Å². The van der Waals surface area contributed by atoms with Crippen LogP contribution >= 0.6 is 0 Å². The van der Waals surface area contributed by atoms with Crippen LogP contribution in [0, 0.1) is 5.92 Å². The van der Waals surface area contributed by atoms with Gasteiger partial charge in [0.15, 0.2) is 0 Å². The molecule has 1 saturated carbocycles. The van der Waals surface area contributed by atoms with E-state index in [0.717, 1.165) is 18.4 Å². The molecule has 2 aliphatic rings. The number of carbonyl (C=O) groups is 1. The van der Waals surface area contributed by atoms with Gasteiger partial charge in [0, 0.05) is 19.6 Å². The SMILES string of the molecule is COC[C@@H]1OCCN(C(=O)C2CC2)[C@H]1c1ccccc1. The second kappa shape index (κ2) is 5.94. The second-order valence-corrected chi connectivity index (χ2v) is 5.53. The monoisotopic (exact) mass is 275 g/mol. The van der Waals surface area contributed by atoms with Crippen molar-refractivity contribution < 1.29 is 14.3 Å². The first kappa shape index (κ1) is 13.6. The van der Waals surface area contributed by atoms with Crippen LogP contribution in [0.15, 0.2) is 30.3 Å². The first-order chi connectivity index (χ1) is 9.81. The van der Waals surface area contributed by atoms with Crippen molar-refractivity contribution in [1.29, 1.82) is 0 Å². The van der Waals surface area contributed by atoms with E-state index in [1.165, 1.54) is 0 Å². The van der Waals surface area contributed by atoms with Crippen molar-refractivity contribution in [2.75, 3.05) is 26.9 Å². The molecule has 0 bridgehead atoms. The zero-order valence-electron chi connectivity index (χ0n) is 11.8. The average Bonchev–Trinajstić information content (AvgIpc) is 3.32. The normalized spacial score (nSPS) is 26.6. The van der Waals surface area contributed by atoms with Gasteiger partial charge in [-0.15, -0.1) is 0 Å². The maximum Gasteiger partial charge on any atom is 0.226 e. The molecular formula is C16H21NO3. The topological polar surface area (TPSA) is 38.8 Å². The zero-order chi connectivity index (χ0) is 13.9. The van der Waals surface area contributed by atoms with Crippen LogP contribution in [0.3, 0.4) is 0 Å². The minimum atomic E-state index is -0.0844. The molecule has 20 heavy (non-hydrogen) atoms. The van der Waals surface area contributed by atoms with Gasteiger partial charge in [0.2, 0.25) is 5.91 Å². The Hall–Kier alpha value is -1.39. The van der Waals surface area contributed by atoms with Gasteiger partial charge >= 0.3 is 0 Å². The van der Waals surface area contributed by atoms with Crippen molar-refractivity contribution in [1.82, 2.24) is 4.90 Å². The van der Waals surface area contributed by atoms with Crippen LogP contribution in [0.5, 0.6) is 0 Å². The summed E-state index contributed by atoms with van der Waals surface area (Å²) in [6, 6.07) is 10.1. The minimum absolute atomic E-state index is 0.0296. The number of ether oxygens (including phenoxy) is 2. The van der Waals surface area contributed by atoms with Crippen LogP contribution in [-0.2, 0) is 14.3 Å². The summed E-state index contributed by atoms with van der Waals surface area (Å²) in [4.78, 5) is 14.5. The number of methoxy groups -OCH3 is 1. The fourth-order valence-corrected chi connectivity index (χ4v) is 2.89. The molecule has 4 nitrogen and oxygen atoms in total. The van der Waals surface area contributed by atoms with Gasteiger partial charge in [-0.05, 0) is 18.4 Å². The maximum absolute atomic E-state index is 12.5. The van der Waals surface area contributed by atoms with Crippen molar-refractivity contribution in [3.63, 3.8) is 0 Å². The molecule has 3 rings (SSSR count). The largest absolute Gasteiger partial charge is 0.382 e. The van der Waals surface area contributed by atoms with Gasteiger partial charge < -0.3 is 14.4 Å². The fraction of sp³-hybridized carbons (Fsp3) is 0.562. The third-order valence-corrected chi connectivity index (χ3v) is 4.03. The van der Waals surface area contributed by atoms with Crippen molar-refractivity contribution in [3.8, 4) is 0 Å². The molecule has 0 radical (unpaired) electrons. The molecule has 0 unspecified atom stereocenters. The molecule has 1 amide bonds. The van der Waals surface area contributed by atoms with E-state index in [1.807, 2.05) is 23.1 Å². The van der Waals surface area contributed by atoms with E-state index in [2.05, 4.69) is 12.1 Å². The molecule has 1 aliphatic carbocycles. The number of carbonyl (C=O) groups excluding carboxylic acids is 1. The van der Waals surface area contributed by atoms with Crippen LogP contribution in [0.4, 0.5) is 0 Å². The minimum Gasteiger partial charge on any atom is -0.382 e. The molecule has 1 heterocycles. The smallest absolute Gasteiger partial charge is 0.226 e. The number of rotatable bonds is 4. The average molecular weight is 275 g/mol. The molecule has 1 aromatic rings. The maximum atomic E-state index is 12.5. The lowest BCUT2D eigenvalue weighted by molar-refractivity contribution is -0.152. The Balaban J connectivity index is 1.88. The molecule has 1 saturated heterocycles. The zero-order valence-corrected chi connectivity index (χ0v) is 11.8. The van der Waals surface area contributed by atoms with Crippen molar-refractivity contribution in [3.05, 3.63) is 35.9 Å². The first-order valence-electron chi connectivity index (χ1n) is 7.27. The number of hydrogen-bond acceptors (Lipinski definition) is 3. The van der Waals surface area contributed by atoms with E-state index < -0.39 is 0 Å². The predicted octanol–water partition coefficient (Wildman–Crippen LogP) is 2.01. The van der Waals surface area contributed by atoms with E-state index in [-0.39, 0.29) is 24.0 Å². The van der Waals surface area contributed by atoms with Crippen LogP contribution < -0.4 is 0 Å². The van der Waals surface area contributed by atoms with Gasteiger partial charge in [-0.1, -0.05) is 30.3 Å². The predicted molar refractivity (Wildman–Crippen MR) is 75.2 cm³/mol. The van der Waals surface area contributed by atoms with E-state index in [1.54, 1.807) is 7.11 Å². The summed E-state index contributed by atoms with van der Waals surface area (Å²) < 4.78 is 11.1. The van der Waals surface area contributed by atoms with Crippen molar-refractivity contribution in [2.24, 2.45) is 5.92 Å². The van der Waals surface area contributed by atoms with Gasteiger partial charge in [0.05, 0.1) is 19.3 Å². The Labute approximate surface area is 119 Å². The Morgan fingerprint density at radius 1 is 1.35 bits per heavy atom. The summed E-state index contributed by atoms with van der Waals surface area (Å²) in [7, 11) is 1.67. The van der Waals surface area contributed by atoms with Crippen LogP contribution in [0.25, 0.3) is 0 Å². The number of nitrogens with zero attached hydrogens (tertiary/aromatic N) is 1. The van der Waals surface area contributed by atoms with E-state index in [4.69, 9.17) is 9.47 Å². The standard InChI is InChI=1S/C16H21NO3/c1-19-11-14-15(12-5-3-2-4-6-12)17(9-10-20-14)16(18)13-7-8-13/h2-6,13-15H,7-11H2,1H3/t14-,15-/m0/s1. The molecule has 4 heteroatoms. The molecular weight excluding hydrogens is 254 g/mol. The van der Waals surface area contributed by atoms with Gasteiger partial charge in [0.25, 0.3) is 0 Å². The van der Waals surface area contributed by atoms with Gasteiger partial charge in [0.1, 0.15) is 6.10 Å². The molecule has 0 aromatic heterocycles. The summed E-state index contributed by atoms with van der Waals surface area (Å²) in [6.07, 6.45) is 1.98. The molecule has 0 spiro atoms. The highest BCUT2D eigenvalue weighted by atomic mass is 16.5. The molecule has 0 N–H and O–H groups in total. The number of amides is 1. The first-order valence-corrected chi connectivity index (χ1v) is 7.27. The van der Waals surface area contributed by atoms with Crippen LogP contribution in [-0.4, -0.2) is 43.8 Å². The summed E-state index contributed by atoms with van der Waals surface area (Å²) in [5.41, 5.74) is 1.13. The summed E-state index contributed by atoms with van der Waals surface area (Å²) in [5, 5.41) is 0. The lowest BCUT2D eigenvalue weighted by Gasteiger charge is -2.41.